The van der Waals surface area contributed by atoms with Gasteiger partial charge in [-0.2, -0.15) is 0 Å². The Balaban J connectivity index is 1.69. The standard InChI is InChI=1S/C22H26N4O5S/c27-20-19-18(16(12-24-19)22(21(28)29)7-1-2-8-22)15-11-14(3-4-17(15)25-20)32(30,31)26-13-5-9-23-10-6-13/h3-4,11-13,23-24,26H,1-2,5-10H2,(H,25,27)(H,28,29). The molecule has 2 aliphatic rings. The van der Waals surface area contributed by atoms with E-state index in [-0.39, 0.29) is 22.0 Å². The van der Waals surface area contributed by atoms with E-state index in [2.05, 4.69) is 20.0 Å². The highest BCUT2D eigenvalue weighted by atomic mass is 32.2. The lowest BCUT2D eigenvalue weighted by atomic mass is 9.78. The summed E-state index contributed by atoms with van der Waals surface area (Å²) in [7, 11) is -3.77. The number of aromatic nitrogens is 2. The molecule has 2 aromatic heterocycles. The molecule has 5 N–H and O–H groups in total. The molecule has 1 aromatic carbocycles. The van der Waals surface area contributed by atoms with Crippen molar-refractivity contribution in [2.45, 2.75) is 54.9 Å². The molecule has 1 saturated carbocycles. The van der Waals surface area contributed by atoms with Crippen molar-refractivity contribution < 1.29 is 18.3 Å². The van der Waals surface area contributed by atoms with E-state index in [0.717, 1.165) is 25.9 Å². The second-order valence-corrected chi connectivity index (χ2v) is 10.6. The van der Waals surface area contributed by atoms with Gasteiger partial charge in [0.1, 0.15) is 5.52 Å². The number of benzene rings is 1. The van der Waals surface area contributed by atoms with E-state index in [9.17, 15) is 23.1 Å². The zero-order chi connectivity index (χ0) is 22.5. The Kier molecular flexibility index (Phi) is 5.11. The maximum atomic E-state index is 13.1. The molecule has 5 rings (SSSR count). The van der Waals surface area contributed by atoms with Gasteiger partial charge in [-0.1, -0.05) is 12.8 Å². The van der Waals surface area contributed by atoms with Gasteiger partial charge >= 0.3 is 5.97 Å². The maximum Gasteiger partial charge on any atom is 0.314 e. The monoisotopic (exact) mass is 458 g/mol. The Hall–Kier alpha value is -2.69. The van der Waals surface area contributed by atoms with Crippen LogP contribution in [-0.2, 0) is 20.2 Å². The Bertz CT molecular complexity index is 1360. The first kappa shape index (κ1) is 21.2. The molecule has 1 aliphatic heterocycles. The summed E-state index contributed by atoms with van der Waals surface area (Å²) in [6.45, 7) is 1.52. The predicted molar refractivity (Wildman–Crippen MR) is 120 cm³/mol. The lowest BCUT2D eigenvalue weighted by molar-refractivity contribution is -0.143. The van der Waals surface area contributed by atoms with Gasteiger partial charge in [-0.05, 0) is 62.5 Å². The van der Waals surface area contributed by atoms with Crippen molar-refractivity contribution in [2.24, 2.45) is 0 Å². The number of aliphatic carboxylic acids is 1. The highest BCUT2D eigenvalue weighted by Crippen LogP contribution is 2.45. The number of carbonyl (C=O) groups is 1. The van der Waals surface area contributed by atoms with Crippen LogP contribution in [0.4, 0.5) is 0 Å². The summed E-state index contributed by atoms with van der Waals surface area (Å²) < 4.78 is 29.0. The van der Waals surface area contributed by atoms with E-state index in [1.807, 2.05) is 0 Å². The highest BCUT2D eigenvalue weighted by molar-refractivity contribution is 7.89. The molecule has 0 bridgehead atoms. The number of sulfonamides is 1. The molecule has 170 valence electrons. The lowest BCUT2D eigenvalue weighted by Gasteiger charge is -2.24. The van der Waals surface area contributed by atoms with Crippen LogP contribution in [0, 0.1) is 0 Å². The summed E-state index contributed by atoms with van der Waals surface area (Å²) >= 11 is 0. The summed E-state index contributed by atoms with van der Waals surface area (Å²) in [5, 5.41) is 14.3. The number of hydrogen-bond donors (Lipinski definition) is 5. The number of nitrogens with one attached hydrogen (secondary N) is 4. The third-order valence-corrected chi connectivity index (χ3v) is 8.49. The second-order valence-electron chi connectivity index (χ2n) is 8.85. The SMILES string of the molecule is O=C(O)C1(c2c[nH]c3c(=O)[nH]c4ccc(S(=O)(=O)NC5CCNCC5)cc4c23)CCCC1. The molecule has 10 heteroatoms. The summed E-state index contributed by atoms with van der Waals surface area (Å²) in [4.78, 5) is 30.8. The van der Waals surface area contributed by atoms with E-state index in [1.165, 1.54) is 6.07 Å². The van der Waals surface area contributed by atoms with Crippen molar-refractivity contribution in [3.63, 3.8) is 0 Å². The number of H-pyrrole nitrogens is 2. The van der Waals surface area contributed by atoms with Gasteiger partial charge in [0.05, 0.1) is 10.3 Å². The van der Waals surface area contributed by atoms with Crippen LogP contribution < -0.4 is 15.6 Å². The first-order chi connectivity index (χ1) is 15.3. The van der Waals surface area contributed by atoms with Gasteiger partial charge in [-0.3, -0.25) is 9.59 Å². The average molecular weight is 459 g/mol. The molecule has 0 atom stereocenters. The van der Waals surface area contributed by atoms with Crippen LogP contribution in [-0.4, -0.2) is 48.6 Å². The minimum atomic E-state index is -3.77. The van der Waals surface area contributed by atoms with Crippen molar-refractivity contribution in [1.29, 1.82) is 0 Å². The first-order valence-corrected chi connectivity index (χ1v) is 12.4. The Morgan fingerprint density at radius 2 is 1.88 bits per heavy atom. The normalized spacial score (nSPS) is 19.6. The number of carboxylic acid groups (broad SMARTS) is 1. The highest BCUT2D eigenvalue weighted by Gasteiger charge is 2.45. The van der Waals surface area contributed by atoms with Crippen LogP contribution >= 0.6 is 0 Å². The molecule has 0 amide bonds. The van der Waals surface area contributed by atoms with Gasteiger partial charge in [0, 0.05) is 28.5 Å². The van der Waals surface area contributed by atoms with E-state index in [0.29, 0.717) is 47.5 Å². The number of carboxylic acids is 1. The number of piperidine rings is 1. The van der Waals surface area contributed by atoms with Gasteiger partial charge in [-0.25, -0.2) is 13.1 Å². The fourth-order valence-corrected chi connectivity index (χ4v) is 6.59. The molecule has 0 unspecified atom stereocenters. The van der Waals surface area contributed by atoms with Crippen molar-refractivity contribution >= 4 is 37.8 Å². The van der Waals surface area contributed by atoms with Crippen LogP contribution in [0.5, 0.6) is 0 Å². The summed E-state index contributed by atoms with van der Waals surface area (Å²) in [5.41, 5.74) is -0.153. The molecule has 3 heterocycles. The number of fused-ring (bicyclic) bond motifs is 3. The second kappa shape index (κ2) is 7.72. The zero-order valence-electron chi connectivity index (χ0n) is 17.5. The maximum absolute atomic E-state index is 13.1. The number of aromatic amines is 2. The predicted octanol–water partition coefficient (Wildman–Crippen LogP) is 1.94. The summed E-state index contributed by atoms with van der Waals surface area (Å²) in [6, 6.07) is 4.46. The van der Waals surface area contributed by atoms with Crippen molar-refractivity contribution in [2.75, 3.05) is 13.1 Å². The molecular formula is C22H26N4O5S. The van der Waals surface area contributed by atoms with Gasteiger partial charge in [0.25, 0.3) is 5.56 Å². The van der Waals surface area contributed by atoms with Gasteiger partial charge in [0.15, 0.2) is 0 Å². The minimum absolute atomic E-state index is 0.0971. The van der Waals surface area contributed by atoms with Crippen molar-refractivity contribution in [3.05, 3.63) is 40.3 Å². The van der Waals surface area contributed by atoms with Crippen molar-refractivity contribution in [3.8, 4) is 0 Å². The van der Waals surface area contributed by atoms with Crippen LogP contribution in [0.1, 0.15) is 44.1 Å². The average Bonchev–Trinajstić information content (AvgIpc) is 3.43. The third-order valence-electron chi connectivity index (χ3n) is 6.97. The number of rotatable bonds is 5. The quantitative estimate of drug-likeness (QED) is 0.395. The molecule has 3 aromatic rings. The molecule has 0 spiro atoms. The fraction of sp³-hybridized carbons (Fsp3) is 0.455. The molecule has 1 aliphatic carbocycles. The lowest BCUT2D eigenvalue weighted by Crippen LogP contribution is -2.42. The van der Waals surface area contributed by atoms with Crippen LogP contribution in [0.15, 0.2) is 34.1 Å². The number of pyridine rings is 1. The molecule has 2 fully saturated rings. The molecule has 32 heavy (non-hydrogen) atoms. The third kappa shape index (κ3) is 3.33. The van der Waals surface area contributed by atoms with Gasteiger partial charge in [-0.15, -0.1) is 0 Å². The Morgan fingerprint density at radius 3 is 2.56 bits per heavy atom. The largest absolute Gasteiger partial charge is 0.481 e. The van der Waals surface area contributed by atoms with Crippen LogP contribution in [0.25, 0.3) is 21.8 Å². The van der Waals surface area contributed by atoms with Gasteiger partial charge in [0.2, 0.25) is 10.0 Å². The smallest absolute Gasteiger partial charge is 0.314 e. The van der Waals surface area contributed by atoms with Crippen LogP contribution in [0.2, 0.25) is 0 Å². The van der Waals surface area contributed by atoms with Crippen molar-refractivity contribution in [1.82, 2.24) is 20.0 Å². The topological polar surface area (TPSA) is 144 Å². The fourth-order valence-electron chi connectivity index (χ4n) is 5.25. The molecule has 9 nitrogen and oxygen atoms in total. The molecule has 0 radical (unpaired) electrons. The summed E-state index contributed by atoms with van der Waals surface area (Å²) in [5.74, 6) is -0.916. The summed E-state index contributed by atoms with van der Waals surface area (Å²) in [6.07, 6.45) is 5.59. The van der Waals surface area contributed by atoms with E-state index < -0.39 is 21.4 Å². The van der Waals surface area contributed by atoms with Gasteiger partial charge < -0.3 is 20.4 Å². The number of hydrogen-bond acceptors (Lipinski definition) is 5. The Morgan fingerprint density at radius 1 is 1.16 bits per heavy atom. The van der Waals surface area contributed by atoms with E-state index in [1.54, 1.807) is 18.3 Å². The van der Waals surface area contributed by atoms with E-state index in [4.69, 9.17) is 0 Å². The first-order valence-electron chi connectivity index (χ1n) is 11.0. The molecule has 1 saturated heterocycles. The van der Waals surface area contributed by atoms with E-state index >= 15 is 0 Å². The Labute approximate surface area is 184 Å². The van der Waals surface area contributed by atoms with Crippen LogP contribution in [0.3, 0.4) is 0 Å². The molecular weight excluding hydrogens is 432 g/mol. The zero-order valence-corrected chi connectivity index (χ0v) is 18.3. The minimum Gasteiger partial charge on any atom is -0.481 e.